The fraction of sp³-hybridized carbons (Fsp3) is 0.333. The minimum absolute atomic E-state index is 0.138. The Kier molecular flexibility index (Phi) is 3.95. The second-order valence-corrected chi connectivity index (χ2v) is 7.19. The van der Waals surface area contributed by atoms with Gasteiger partial charge < -0.3 is 5.11 Å². The van der Waals surface area contributed by atoms with Crippen LogP contribution in [0.25, 0.3) is 10.9 Å². The number of amides is 3. The van der Waals surface area contributed by atoms with Gasteiger partial charge in [0.1, 0.15) is 0 Å². The maximum absolute atomic E-state index is 12.1. The molecule has 1 aromatic carbocycles. The third-order valence-electron chi connectivity index (χ3n) is 4.35. The number of rotatable bonds is 1. The molecule has 3 rings (SSSR count). The van der Waals surface area contributed by atoms with Crippen molar-refractivity contribution >= 4 is 34.6 Å². The number of carboxylic acid groups (broad SMARTS) is 1. The van der Waals surface area contributed by atoms with Crippen molar-refractivity contribution in [2.75, 3.05) is 11.4 Å². The van der Waals surface area contributed by atoms with E-state index < -0.39 is 17.5 Å². The summed E-state index contributed by atoms with van der Waals surface area (Å²) < 4.78 is 1.15. The fourth-order valence-electron chi connectivity index (χ4n) is 3.11. The first-order valence-corrected chi connectivity index (χ1v) is 8.08. The molecule has 2 aromatic rings. The molecular weight excluding hydrogens is 336 g/mol. The van der Waals surface area contributed by atoms with Gasteiger partial charge in [-0.15, -0.1) is 0 Å². The number of nitrogens with zero attached hydrogens (tertiary/aromatic N) is 3. The molecule has 0 aliphatic carbocycles. The van der Waals surface area contributed by atoms with Gasteiger partial charge in [-0.3, -0.25) is 15.0 Å². The van der Waals surface area contributed by atoms with Gasteiger partial charge >= 0.3 is 12.1 Å². The van der Waals surface area contributed by atoms with Gasteiger partial charge in [-0.2, -0.15) is 5.26 Å². The fourth-order valence-corrected chi connectivity index (χ4v) is 3.11. The normalized spacial score (nSPS) is 15.1. The van der Waals surface area contributed by atoms with E-state index in [4.69, 9.17) is 0 Å². The number of fused-ring (bicyclic) bond motifs is 1. The molecule has 134 valence electrons. The van der Waals surface area contributed by atoms with Crippen LogP contribution in [-0.4, -0.2) is 34.2 Å². The predicted molar refractivity (Wildman–Crippen MR) is 94.3 cm³/mol. The molecule has 0 radical (unpaired) electrons. The summed E-state index contributed by atoms with van der Waals surface area (Å²) in [5.74, 6) is -0.364. The van der Waals surface area contributed by atoms with Crippen LogP contribution in [0.1, 0.15) is 38.4 Å². The summed E-state index contributed by atoms with van der Waals surface area (Å²) in [6.45, 7) is 5.83. The molecule has 3 amide bonds. The number of nitrogens with one attached hydrogen (secondary N) is 1. The van der Waals surface area contributed by atoms with Crippen LogP contribution < -0.4 is 10.2 Å². The maximum Gasteiger partial charge on any atom is 0.416 e. The molecule has 0 bridgehead atoms. The standard InChI is InChI=1S/C18H18N4O4/c1-18(2,3)14-8-12-10(9-19)6-11(7-13(12)22(14)17(25)26)21-5-4-15(23)20-16(21)24/h6-8H,4-5H2,1-3H3,(H,25,26)(H,20,23,24). The number of anilines is 1. The van der Waals surface area contributed by atoms with Gasteiger partial charge in [0.15, 0.2) is 0 Å². The maximum atomic E-state index is 12.1. The Bertz CT molecular complexity index is 991. The predicted octanol–water partition coefficient (Wildman–Crippen LogP) is 2.78. The summed E-state index contributed by atoms with van der Waals surface area (Å²) >= 11 is 0. The number of nitriles is 1. The van der Waals surface area contributed by atoms with Crippen LogP contribution in [0.4, 0.5) is 15.3 Å². The Balaban J connectivity index is 2.28. The number of benzene rings is 1. The first-order chi connectivity index (χ1) is 12.1. The number of aromatic nitrogens is 1. The van der Waals surface area contributed by atoms with E-state index in [-0.39, 0.29) is 24.4 Å². The molecule has 1 aromatic heterocycles. The van der Waals surface area contributed by atoms with E-state index in [2.05, 4.69) is 11.4 Å². The average Bonchev–Trinajstić information content (AvgIpc) is 2.93. The quantitative estimate of drug-likeness (QED) is 0.817. The zero-order chi connectivity index (χ0) is 19.2. The van der Waals surface area contributed by atoms with Crippen molar-refractivity contribution < 1.29 is 19.5 Å². The zero-order valence-corrected chi connectivity index (χ0v) is 14.7. The number of carbonyl (C=O) groups excluding carboxylic acids is 2. The van der Waals surface area contributed by atoms with Gasteiger partial charge in [-0.25, -0.2) is 14.2 Å². The Morgan fingerprint density at radius 3 is 2.50 bits per heavy atom. The molecule has 0 spiro atoms. The molecular formula is C18H18N4O4. The first kappa shape index (κ1) is 17.5. The van der Waals surface area contributed by atoms with E-state index in [1.165, 1.54) is 11.0 Å². The SMILES string of the molecule is CC(C)(C)c1cc2c(C#N)cc(N3CCC(=O)NC3=O)cc2n1C(=O)O. The van der Waals surface area contributed by atoms with Crippen molar-refractivity contribution in [2.45, 2.75) is 32.6 Å². The second-order valence-electron chi connectivity index (χ2n) is 7.19. The van der Waals surface area contributed by atoms with Gasteiger partial charge in [0.25, 0.3) is 0 Å². The van der Waals surface area contributed by atoms with E-state index in [1.54, 1.807) is 12.1 Å². The lowest BCUT2D eigenvalue weighted by Crippen LogP contribution is -2.49. The van der Waals surface area contributed by atoms with Crippen molar-refractivity contribution in [1.29, 1.82) is 5.26 Å². The Labute approximate surface area is 149 Å². The van der Waals surface area contributed by atoms with E-state index in [1.807, 2.05) is 20.8 Å². The third-order valence-corrected chi connectivity index (χ3v) is 4.35. The van der Waals surface area contributed by atoms with Gasteiger partial charge in [-0.1, -0.05) is 20.8 Å². The molecule has 8 nitrogen and oxygen atoms in total. The highest BCUT2D eigenvalue weighted by Crippen LogP contribution is 2.34. The minimum atomic E-state index is -1.16. The van der Waals surface area contributed by atoms with E-state index in [0.29, 0.717) is 22.3 Å². The monoisotopic (exact) mass is 354 g/mol. The summed E-state index contributed by atoms with van der Waals surface area (Å²) in [6, 6.07) is 6.29. The Hall–Kier alpha value is -3.34. The number of hydrogen-bond acceptors (Lipinski definition) is 4. The molecule has 26 heavy (non-hydrogen) atoms. The molecule has 2 N–H and O–H groups in total. The summed E-state index contributed by atoms with van der Waals surface area (Å²) in [5, 5.41) is 22.0. The molecule has 8 heteroatoms. The van der Waals surface area contributed by atoms with Crippen LogP contribution in [0.3, 0.4) is 0 Å². The lowest BCUT2D eigenvalue weighted by atomic mass is 9.92. The third kappa shape index (κ3) is 2.77. The van der Waals surface area contributed by atoms with Gasteiger partial charge in [0, 0.05) is 35.1 Å². The van der Waals surface area contributed by atoms with Gasteiger partial charge in [-0.05, 0) is 18.2 Å². The highest BCUT2D eigenvalue weighted by atomic mass is 16.4. The summed E-state index contributed by atoms with van der Waals surface area (Å²) in [5.41, 5.74) is 1.07. The molecule has 1 saturated heterocycles. The molecule has 0 unspecified atom stereocenters. The molecule has 1 aliphatic heterocycles. The van der Waals surface area contributed by atoms with Crippen molar-refractivity contribution in [1.82, 2.24) is 9.88 Å². The number of hydrogen-bond donors (Lipinski definition) is 2. The lowest BCUT2D eigenvalue weighted by Gasteiger charge is -2.27. The second kappa shape index (κ2) is 5.88. The lowest BCUT2D eigenvalue weighted by molar-refractivity contribution is -0.120. The van der Waals surface area contributed by atoms with E-state index in [9.17, 15) is 24.8 Å². The summed E-state index contributed by atoms with van der Waals surface area (Å²) in [7, 11) is 0. The number of imide groups is 1. The highest BCUT2D eigenvalue weighted by Gasteiger charge is 2.28. The minimum Gasteiger partial charge on any atom is -0.464 e. The summed E-state index contributed by atoms with van der Waals surface area (Å²) in [4.78, 5) is 36.7. The van der Waals surface area contributed by atoms with E-state index in [0.717, 1.165) is 4.57 Å². The summed E-state index contributed by atoms with van der Waals surface area (Å²) in [6.07, 6.45) is -1.02. The van der Waals surface area contributed by atoms with Crippen molar-refractivity contribution in [3.05, 3.63) is 29.5 Å². The van der Waals surface area contributed by atoms with Crippen molar-refractivity contribution in [3.8, 4) is 6.07 Å². The Morgan fingerprint density at radius 1 is 1.27 bits per heavy atom. The number of urea groups is 1. The largest absolute Gasteiger partial charge is 0.464 e. The zero-order valence-electron chi connectivity index (χ0n) is 14.7. The topological polar surface area (TPSA) is 115 Å². The van der Waals surface area contributed by atoms with Crippen LogP contribution >= 0.6 is 0 Å². The highest BCUT2D eigenvalue weighted by molar-refractivity contribution is 6.07. The van der Waals surface area contributed by atoms with Crippen LogP contribution in [0.5, 0.6) is 0 Å². The van der Waals surface area contributed by atoms with Crippen LogP contribution in [-0.2, 0) is 10.2 Å². The van der Waals surface area contributed by atoms with Crippen LogP contribution in [0, 0.1) is 11.3 Å². The molecule has 1 aliphatic rings. The van der Waals surface area contributed by atoms with Crippen LogP contribution in [0.2, 0.25) is 0 Å². The smallest absolute Gasteiger partial charge is 0.416 e. The average molecular weight is 354 g/mol. The Morgan fingerprint density at radius 2 is 1.96 bits per heavy atom. The molecule has 1 fully saturated rings. The van der Waals surface area contributed by atoms with Gasteiger partial charge in [0.05, 0.1) is 17.1 Å². The molecule has 0 saturated carbocycles. The van der Waals surface area contributed by atoms with E-state index >= 15 is 0 Å². The first-order valence-electron chi connectivity index (χ1n) is 8.08. The number of carbonyl (C=O) groups is 3. The molecule has 2 heterocycles. The van der Waals surface area contributed by atoms with Crippen LogP contribution in [0.15, 0.2) is 18.2 Å². The van der Waals surface area contributed by atoms with Crippen molar-refractivity contribution in [2.24, 2.45) is 0 Å². The molecule has 0 atom stereocenters. The van der Waals surface area contributed by atoms with Gasteiger partial charge in [0.2, 0.25) is 5.91 Å². The van der Waals surface area contributed by atoms with Crippen molar-refractivity contribution in [3.63, 3.8) is 0 Å².